The van der Waals surface area contributed by atoms with Crippen LogP contribution in [0.1, 0.15) is 38.8 Å². The molecule has 6 aromatic rings. The highest BCUT2D eigenvalue weighted by Gasteiger charge is 2.21. The lowest BCUT2D eigenvalue weighted by Gasteiger charge is -2.29. The fourth-order valence-corrected chi connectivity index (χ4v) is 6.44. The second kappa shape index (κ2) is 9.78. The number of fused-ring (bicyclic) bond motifs is 3. The van der Waals surface area contributed by atoms with Crippen LogP contribution in [0.3, 0.4) is 0 Å². The molecule has 6 aromatic carbocycles. The third kappa shape index (κ3) is 4.33. The van der Waals surface area contributed by atoms with Crippen molar-refractivity contribution in [3.05, 3.63) is 143 Å². The first kappa shape index (κ1) is 25.4. The van der Waals surface area contributed by atoms with Gasteiger partial charge in [-0.15, -0.1) is 12.2 Å². The van der Waals surface area contributed by atoms with Gasteiger partial charge in [-0.2, -0.15) is 0 Å². The molecule has 0 spiro atoms. The molecule has 1 nitrogen and oxygen atoms in total. The maximum Gasteiger partial charge on any atom is -0.00201 e. The zero-order valence-corrected chi connectivity index (χ0v) is 24.2. The van der Waals surface area contributed by atoms with Gasteiger partial charge >= 0.3 is 0 Å². The Bertz CT molecular complexity index is 1960. The average molecular weight is 529 g/mol. The molecule has 0 aromatic heterocycles. The summed E-state index contributed by atoms with van der Waals surface area (Å²) < 4.78 is 0. The molecular weight excluding hydrogens is 494 g/mol. The van der Waals surface area contributed by atoms with Crippen molar-refractivity contribution in [1.29, 1.82) is 0 Å². The molecule has 0 amide bonds. The minimum Gasteiger partial charge on any atom is -0.680 e. The van der Waals surface area contributed by atoms with Gasteiger partial charge in [-0.25, -0.2) is 0 Å². The highest BCUT2D eigenvalue weighted by molar-refractivity contribution is 6.23. The van der Waals surface area contributed by atoms with E-state index in [1.165, 1.54) is 65.7 Å². The van der Waals surface area contributed by atoms with Crippen LogP contribution in [0.15, 0.2) is 127 Å². The molecular formula is C40H34N-. The number of rotatable bonds is 3. The predicted octanol–water partition coefficient (Wildman–Crippen LogP) is 11.5. The molecule has 1 heterocycles. The van der Waals surface area contributed by atoms with Crippen LogP contribution in [0.25, 0.3) is 65.6 Å². The summed E-state index contributed by atoms with van der Waals surface area (Å²) in [5.74, 6) is 0. The van der Waals surface area contributed by atoms with Crippen molar-refractivity contribution < 1.29 is 0 Å². The summed E-state index contributed by atoms with van der Waals surface area (Å²) in [5.41, 5.74) is 10.1. The van der Waals surface area contributed by atoms with E-state index in [2.05, 4.69) is 149 Å². The third-order valence-electron chi connectivity index (χ3n) is 8.42. The van der Waals surface area contributed by atoms with Gasteiger partial charge in [0, 0.05) is 0 Å². The maximum atomic E-state index is 4.77. The third-order valence-corrected chi connectivity index (χ3v) is 8.42. The molecule has 7 rings (SSSR count). The van der Waals surface area contributed by atoms with Gasteiger partial charge in [0.05, 0.1) is 0 Å². The number of nitrogens with zero attached hydrogens (tertiary/aromatic N) is 1. The Morgan fingerprint density at radius 1 is 0.512 bits per heavy atom. The zero-order valence-electron chi connectivity index (χ0n) is 24.2. The summed E-state index contributed by atoms with van der Waals surface area (Å²) in [6, 6.07) is 40.4. The minimum atomic E-state index is 0.0638. The largest absolute Gasteiger partial charge is 0.680 e. The van der Waals surface area contributed by atoms with E-state index in [-0.39, 0.29) is 5.41 Å². The Hall–Kier alpha value is -4.62. The van der Waals surface area contributed by atoms with Crippen molar-refractivity contribution in [2.45, 2.75) is 33.1 Å². The summed E-state index contributed by atoms with van der Waals surface area (Å²) in [5, 5.41) is 12.5. The normalized spacial score (nSPS) is 13.8. The van der Waals surface area contributed by atoms with E-state index in [1.54, 1.807) is 0 Å². The molecule has 1 heteroatoms. The Labute approximate surface area is 242 Å². The highest BCUT2D eigenvalue weighted by atomic mass is 14.9. The molecule has 1 aliphatic heterocycles. The SMILES string of the molecule is CC1=CC=C(c2ccc(-c3c4ccccc4c(-c4cccc5c(C(C)(C)C)cccc45)c4ccccc34)cc2)[N-]C1. The van der Waals surface area contributed by atoms with Crippen molar-refractivity contribution in [2.24, 2.45) is 0 Å². The molecule has 0 radical (unpaired) electrons. The molecule has 1 aliphatic rings. The molecule has 0 atom stereocenters. The first-order chi connectivity index (χ1) is 19.9. The van der Waals surface area contributed by atoms with Crippen LogP contribution >= 0.6 is 0 Å². The van der Waals surface area contributed by atoms with E-state index in [0.717, 1.165) is 17.8 Å². The predicted molar refractivity (Wildman–Crippen MR) is 178 cm³/mol. The van der Waals surface area contributed by atoms with E-state index in [0.29, 0.717) is 0 Å². The summed E-state index contributed by atoms with van der Waals surface area (Å²) in [4.78, 5) is 0. The van der Waals surface area contributed by atoms with Crippen LogP contribution in [0.2, 0.25) is 0 Å². The molecule has 200 valence electrons. The second-order valence-electron chi connectivity index (χ2n) is 12.3. The van der Waals surface area contributed by atoms with E-state index < -0.39 is 0 Å². The van der Waals surface area contributed by atoms with Crippen molar-refractivity contribution in [3.8, 4) is 22.3 Å². The van der Waals surface area contributed by atoms with Gasteiger partial charge in [-0.3, -0.25) is 0 Å². The Morgan fingerprint density at radius 2 is 1.05 bits per heavy atom. The summed E-state index contributed by atoms with van der Waals surface area (Å²) >= 11 is 0. The van der Waals surface area contributed by atoms with Crippen LogP contribution in [0, 0.1) is 0 Å². The van der Waals surface area contributed by atoms with E-state index >= 15 is 0 Å². The Kier molecular flexibility index (Phi) is 6.05. The topological polar surface area (TPSA) is 14.1 Å². The van der Waals surface area contributed by atoms with Gasteiger partial charge < -0.3 is 5.32 Å². The number of allylic oxidation sites excluding steroid dienone is 2. The van der Waals surface area contributed by atoms with E-state index in [4.69, 9.17) is 5.32 Å². The summed E-state index contributed by atoms with van der Waals surface area (Å²) in [7, 11) is 0. The molecule has 0 bridgehead atoms. The quantitative estimate of drug-likeness (QED) is 0.203. The lowest BCUT2D eigenvalue weighted by molar-refractivity contribution is 0.596. The van der Waals surface area contributed by atoms with Crippen molar-refractivity contribution >= 4 is 38.0 Å². The zero-order chi connectivity index (χ0) is 28.1. The van der Waals surface area contributed by atoms with Gasteiger partial charge in [0.2, 0.25) is 0 Å². The first-order valence-corrected chi connectivity index (χ1v) is 14.5. The van der Waals surface area contributed by atoms with Gasteiger partial charge in [0.1, 0.15) is 0 Å². The lowest BCUT2D eigenvalue weighted by Crippen LogP contribution is -2.11. The van der Waals surface area contributed by atoms with E-state index in [9.17, 15) is 0 Å². The first-order valence-electron chi connectivity index (χ1n) is 14.5. The molecule has 0 saturated heterocycles. The maximum absolute atomic E-state index is 4.77. The molecule has 41 heavy (non-hydrogen) atoms. The molecule has 0 unspecified atom stereocenters. The number of hydrogen-bond acceptors (Lipinski definition) is 0. The standard InChI is InChI=1S/C40H34N/c1-26-19-24-37(41-25-26)27-20-22-28(23-21-27)38-32-11-5-7-13-34(32)39(35-14-8-6-12-33(35)38)31-17-9-16-30-29(31)15-10-18-36(30)40(2,3)4/h5-24H,25H2,1-4H3/q-1. The van der Waals surface area contributed by atoms with Crippen LogP contribution in [-0.2, 0) is 5.41 Å². The van der Waals surface area contributed by atoms with Crippen molar-refractivity contribution in [2.75, 3.05) is 6.54 Å². The molecule has 0 saturated carbocycles. The minimum absolute atomic E-state index is 0.0638. The van der Waals surface area contributed by atoms with Crippen LogP contribution < -0.4 is 0 Å². The van der Waals surface area contributed by atoms with Gasteiger partial charge in [-0.05, 0) is 78.0 Å². The van der Waals surface area contributed by atoms with Gasteiger partial charge in [-0.1, -0.05) is 148 Å². The molecule has 0 fully saturated rings. The molecule has 0 N–H and O–H groups in total. The highest BCUT2D eigenvalue weighted by Crippen LogP contribution is 2.46. The van der Waals surface area contributed by atoms with Crippen LogP contribution in [0.4, 0.5) is 0 Å². The average Bonchev–Trinajstić information content (AvgIpc) is 2.99. The fourth-order valence-electron chi connectivity index (χ4n) is 6.44. The fraction of sp³-hybridized carbons (Fsp3) is 0.150. The van der Waals surface area contributed by atoms with Crippen LogP contribution in [-0.4, -0.2) is 6.54 Å². The smallest absolute Gasteiger partial charge is 0.00201 e. The number of benzene rings is 6. The van der Waals surface area contributed by atoms with E-state index in [1.807, 2.05) is 0 Å². The van der Waals surface area contributed by atoms with Crippen molar-refractivity contribution in [1.82, 2.24) is 0 Å². The summed E-state index contributed by atoms with van der Waals surface area (Å²) in [6.45, 7) is 9.80. The van der Waals surface area contributed by atoms with Crippen molar-refractivity contribution in [3.63, 3.8) is 0 Å². The van der Waals surface area contributed by atoms with Gasteiger partial charge in [0.25, 0.3) is 0 Å². The second-order valence-corrected chi connectivity index (χ2v) is 12.3. The Balaban J connectivity index is 1.50. The monoisotopic (exact) mass is 528 g/mol. The van der Waals surface area contributed by atoms with Crippen LogP contribution in [0.5, 0.6) is 0 Å². The Morgan fingerprint density at radius 3 is 1.63 bits per heavy atom. The molecule has 0 aliphatic carbocycles. The lowest BCUT2D eigenvalue weighted by atomic mass is 9.81. The van der Waals surface area contributed by atoms with Gasteiger partial charge in [0.15, 0.2) is 0 Å². The number of hydrogen-bond donors (Lipinski definition) is 0. The summed E-state index contributed by atoms with van der Waals surface area (Å²) in [6.07, 6.45) is 4.30.